The Morgan fingerprint density at radius 1 is 1.47 bits per heavy atom. The first-order valence-corrected chi connectivity index (χ1v) is 7.00. The van der Waals surface area contributed by atoms with Gasteiger partial charge in [0.2, 0.25) is 5.91 Å². The fraction of sp³-hybridized carbons (Fsp3) is 0.846. The van der Waals surface area contributed by atoms with Crippen LogP contribution in [0.1, 0.15) is 26.2 Å². The van der Waals surface area contributed by atoms with Gasteiger partial charge in [0, 0.05) is 19.5 Å². The van der Waals surface area contributed by atoms with E-state index in [1.807, 2.05) is 0 Å². The third-order valence-corrected chi connectivity index (χ3v) is 3.26. The summed E-state index contributed by atoms with van der Waals surface area (Å²) in [5.41, 5.74) is 5.61. The monoisotopic (exact) mass is 271 g/mol. The molecule has 1 unspecified atom stereocenters. The van der Waals surface area contributed by atoms with E-state index in [9.17, 15) is 9.59 Å². The molecule has 0 aromatic carbocycles. The van der Waals surface area contributed by atoms with Crippen molar-refractivity contribution in [2.45, 2.75) is 26.2 Å². The number of likely N-dealkylation sites (tertiary alicyclic amines) is 1. The van der Waals surface area contributed by atoms with Crippen LogP contribution in [0.15, 0.2) is 0 Å². The minimum atomic E-state index is -0.206. The molecule has 0 aliphatic carbocycles. The van der Waals surface area contributed by atoms with Crippen LogP contribution >= 0.6 is 0 Å². The molecular formula is C13H25N3O3. The Morgan fingerprint density at radius 3 is 2.89 bits per heavy atom. The second-order valence-electron chi connectivity index (χ2n) is 4.88. The van der Waals surface area contributed by atoms with E-state index < -0.39 is 0 Å². The molecule has 0 bridgehead atoms. The lowest BCUT2D eigenvalue weighted by Crippen LogP contribution is -2.37. The quantitative estimate of drug-likeness (QED) is 0.469. The van der Waals surface area contributed by atoms with Crippen LogP contribution in [0.2, 0.25) is 0 Å². The minimum Gasteiger partial charge on any atom is -0.466 e. The third-order valence-electron chi connectivity index (χ3n) is 3.26. The molecule has 0 radical (unpaired) electrons. The number of amides is 1. The Labute approximate surface area is 114 Å². The molecular weight excluding hydrogens is 246 g/mol. The maximum atomic E-state index is 11.7. The fourth-order valence-corrected chi connectivity index (χ4v) is 2.20. The zero-order valence-corrected chi connectivity index (χ0v) is 11.7. The molecule has 0 aromatic rings. The number of ether oxygens (including phenoxy) is 1. The van der Waals surface area contributed by atoms with Crippen molar-refractivity contribution < 1.29 is 14.3 Å². The maximum absolute atomic E-state index is 11.7. The van der Waals surface area contributed by atoms with Crippen LogP contribution in [0.5, 0.6) is 0 Å². The van der Waals surface area contributed by atoms with Crippen molar-refractivity contribution in [2.24, 2.45) is 11.7 Å². The number of nitrogens with zero attached hydrogens (tertiary/aromatic N) is 1. The van der Waals surface area contributed by atoms with E-state index >= 15 is 0 Å². The van der Waals surface area contributed by atoms with E-state index in [0.717, 1.165) is 19.5 Å². The number of hydrogen-bond donors (Lipinski definition) is 2. The van der Waals surface area contributed by atoms with Crippen molar-refractivity contribution in [3.05, 3.63) is 0 Å². The van der Waals surface area contributed by atoms with Gasteiger partial charge in [-0.3, -0.25) is 14.5 Å². The summed E-state index contributed by atoms with van der Waals surface area (Å²) < 4.78 is 4.81. The Kier molecular flexibility index (Phi) is 7.43. The number of carbonyl (C=O) groups is 2. The van der Waals surface area contributed by atoms with E-state index in [1.54, 1.807) is 6.92 Å². The van der Waals surface area contributed by atoms with Gasteiger partial charge in [-0.15, -0.1) is 0 Å². The summed E-state index contributed by atoms with van der Waals surface area (Å²) in [6.45, 7) is 5.68. The molecule has 3 N–H and O–H groups in total. The van der Waals surface area contributed by atoms with Gasteiger partial charge in [-0.05, 0) is 38.8 Å². The number of carbonyl (C=O) groups excluding carboxylic acids is 2. The third kappa shape index (κ3) is 6.54. The zero-order chi connectivity index (χ0) is 14.1. The van der Waals surface area contributed by atoms with Crippen molar-refractivity contribution in [2.75, 3.05) is 39.3 Å². The highest BCUT2D eigenvalue weighted by Gasteiger charge is 2.22. The molecule has 1 heterocycles. The molecule has 1 atom stereocenters. The summed E-state index contributed by atoms with van der Waals surface area (Å²) in [4.78, 5) is 24.9. The molecule has 0 spiro atoms. The minimum absolute atomic E-state index is 0.0153. The van der Waals surface area contributed by atoms with E-state index in [1.165, 1.54) is 0 Å². The van der Waals surface area contributed by atoms with E-state index in [4.69, 9.17) is 10.5 Å². The van der Waals surface area contributed by atoms with Crippen LogP contribution in [0.4, 0.5) is 0 Å². The van der Waals surface area contributed by atoms with Gasteiger partial charge in [-0.2, -0.15) is 0 Å². The first kappa shape index (κ1) is 15.9. The highest BCUT2D eigenvalue weighted by Crippen LogP contribution is 2.13. The van der Waals surface area contributed by atoms with Crippen LogP contribution < -0.4 is 11.1 Å². The van der Waals surface area contributed by atoms with Crippen molar-refractivity contribution in [3.63, 3.8) is 0 Å². The molecule has 0 aromatic heterocycles. The number of nitrogens with two attached hydrogens (primary N) is 1. The van der Waals surface area contributed by atoms with Gasteiger partial charge in [0.1, 0.15) is 0 Å². The second kappa shape index (κ2) is 8.87. The Bertz CT molecular complexity index is 297. The van der Waals surface area contributed by atoms with Gasteiger partial charge >= 0.3 is 5.97 Å². The van der Waals surface area contributed by atoms with Gasteiger partial charge in [0.25, 0.3) is 0 Å². The van der Waals surface area contributed by atoms with Crippen LogP contribution in [0, 0.1) is 5.92 Å². The molecule has 1 saturated heterocycles. The average Bonchev–Trinajstić information content (AvgIpc) is 2.82. The molecule has 1 amide bonds. The SMILES string of the molecule is CCOC(=O)CCCNC(=O)CN1CCC(CN)C1. The zero-order valence-electron chi connectivity index (χ0n) is 11.7. The molecule has 1 rings (SSSR count). The number of esters is 1. The fourth-order valence-electron chi connectivity index (χ4n) is 2.20. The average molecular weight is 271 g/mol. The Hall–Kier alpha value is -1.14. The molecule has 1 aliphatic rings. The summed E-state index contributed by atoms with van der Waals surface area (Å²) in [5.74, 6) is 0.334. The van der Waals surface area contributed by atoms with Gasteiger partial charge < -0.3 is 15.8 Å². The van der Waals surface area contributed by atoms with Crippen LogP contribution in [-0.4, -0.2) is 56.1 Å². The number of hydrogen-bond acceptors (Lipinski definition) is 5. The highest BCUT2D eigenvalue weighted by atomic mass is 16.5. The van der Waals surface area contributed by atoms with Crippen molar-refractivity contribution >= 4 is 11.9 Å². The van der Waals surface area contributed by atoms with Gasteiger partial charge in [0.05, 0.1) is 13.2 Å². The molecule has 19 heavy (non-hydrogen) atoms. The molecule has 6 nitrogen and oxygen atoms in total. The van der Waals surface area contributed by atoms with Gasteiger partial charge in [-0.1, -0.05) is 0 Å². The maximum Gasteiger partial charge on any atom is 0.305 e. The second-order valence-corrected chi connectivity index (χ2v) is 4.88. The summed E-state index contributed by atoms with van der Waals surface area (Å²) >= 11 is 0. The van der Waals surface area contributed by atoms with E-state index in [0.29, 0.717) is 45.0 Å². The van der Waals surface area contributed by atoms with Crippen molar-refractivity contribution in [3.8, 4) is 0 Å². The van der Waals surface area contributed by atoms with Crippen LogP contribution in [-0.2, 0) is 14.3 Å². The van der Waals surface area contributed by atoms with Gasteiger partial charge in [-0.25, -0.2) is 0 Å². The summed E-state index contributed by atoms with van der Waals surface area (Å²) in [5, 5.41) is 2.82. The lowest BCUT2D eigenvalue weighted by atomic mass is 10.1. The molecule has 110 valence electrons. The Morgan fingerprint density at radius 2 is 2.26 bits per heavy atom. The van der Waals surface area contributed by atoms with E-state index in [-0.39, 0.29) is 11.9 Å². The molecule has 1 fully saturated rings. The topological polar surface area (TPSA) is 84.7 Å². The first-order valence-electron chi connectivity index (χ1n) is 7.00. The first-order chi connectivity index (χ1) is 9.15. The van der Waals surface area contributed by atoms with Crippen molar-refractivity contribution in [1.29, 1.82) is 0 Å². The van der Waals surface area contributed by atoms with Crippen LogP contribution in [0.25, 0.3) is 0 Å². The normalized spacial score (nSPS) is 19.4. The standard InChI is InChI=1S/C13H25N3O3/c1-2-19-13(18)4-3-6-15-12(17)10-16-7-5-11(8-14)9-16/h11H,2-10,14H2,1H3,(H,15,17). The molecule has 6 heteroatoms. The summed E-state index contributed by atoms with van der Waals surface area (Å²) in [6.07, 6.45) is 2.05. The Balaban J connectivity index is 2.04. The lowest BCUT2D eigenvalue weighted by Gasteiger charge is -2.15. The summed E-state index contributed by atoms with van der Waals surface area (Å²) in [7, 11) is 0. The van der Waals surface area contributed by atoms with E-state index in [2.05, 4.69) is 10.2 Å². The number of rotatable bonds is 8. The summed E-state index contributed by atoms with van der Waals surface area (Å²) in [6, 6.07) is 0. The predicted molar refractivity (Wildman–Crippen MR) is 72.5 cm³/mol. The van der Waals surface area contributed by atoms with Crippen LogP contribution in [0.3, 0.4) is 0 Å². The largest absolute Gasteiger partial charge is 0.466 e. The van der Waals surface area contributed by atoms with Gasteiger partial charge in [0.15, 0.2) is 0 Å². The smallest absolute Gasteiger partial charge is 0.305 e. The molecule has 0 saturated carbocycles. The predicted octanol–water partition coefficient (Wildman–Crippen LogP) is -0.273. The molecule has 1 aliphatic heterocycles. The highest BCUT2D eigenvalue weighted by molar-refractivity contribution is 5.78. The van der Waals surface area contributed by atoms with Crippen molar-refractivity contribution in [1.82, 2.24) is 10.2 Å². The lowest BCUT2D eigenvalue weighted by molar-refractivity contribution is -0.143. The number of nitrogens with one attached hydrogen (secondary N) is 1.